The van der Waals surface area contributed by atoms with Crippen molar-refractivity contribution >= 4 is 23.3 Å². The van der Waals surface area contributed by atoms with Crippen molar-refractivity contribution in [2.75, 3.05) is 18.7 Å². The predicted octanol–water partition coefficient (Wildman–Crippen LogP) is 1.15. The zero-order valence-electron chi connectivity index (χ0n) is 13.6. The Kier molecular flexibility index (Phi) is 4.38. The molecule has 1 aliphatic rings. The topological polar surface area (TPSA) is 109 Å². The van der Waals surface area contributed by atoms with Crippen LogP contribution >= 0.6 is 0 Å². The van der Waals surface area contributed by atoms with Crippen LogP contribution in [0.5, 0.6) is 11.5 Å². The number of ketones is 1. The van der Waals surface area contributed by atoms with Crippen LogP contribution in [0.15, 0.2) is 24.5 Å². The monoisotopic (exact) mass is 345 g/mol. The van der Waals surface area contributed by atoms with Gasteiger partial charge in [0, 0.05) is 24.9 Å². The Hall–Kier alpha value is -3.36. The van der Waals surface area contributed by atoms with Crippen molar-refractivity contribution in [2.45, 2.75) is 6.92 Å². The van der Waals surface area contributed by atoms with Crippen molar-refractivity contribution in [1.82, 2.24) is 9.78 Å². The molecule has 1 N–H and O–H groups in total. The zero-order valence-corrected chi connectivity index (χ0v) is 13.6. The largest absolute Gasteiger partial charge is 0.454 e. The number of Topliss-reactive ketones (excluding diaryl/α,β-unsaturated/α-hetero) is 1. The van der Waals surface area contributed by atoms with Crippen LogP contribution in [0.3, 0.4) is 0 Å². The van der Waals surface area contributed by atoms with Gasteiger partial charge in [-0.3, -0.25) is 14.3 Å². The first kappa shape index (κ1) is 16.5. The Morgan fingerprint density at radius 1 is 1.28 bits per heavy atom. The number of aryl methyl sites for hydroxylation is 1. The Morgan fingerprint density at radius 2 is 2.00 bits per heavy atom. The summed E-state index contributed by atoms with van der Waals surface area (Å²) in [6.45, 7) is 0.919. The first-order chi connectivity index (χ1) is 11.9. The number of rotatable bonds is 5. The highest BCUT2D eigenvalue weighted by molar-refractivity contribution is 6.05. The third-order valence-corrected chi connectivity index (χ3v) is 3.44. The lowest BCUT2D eigenvalue weighted by atomic mass is 10.1. The zero-order chi connectivity index (χ0) is 18.0. The van der Waals surface area contributed by atoms with Crippen LogP contribution in [0.1, 0.15) is 27.6 Å². The van der Waals surface area contributed by atoms with Gasteiger partial charge in [-0.2, -0.15) is 5.10 Å². The van der Waals surface area contributed by atoms with Gasteiger partial charge in [0.25, 0.3) is 5.91 Å². The first-order valence-corrected chi connectivity index (χ1v) is 7.34. The quantitative estimate of drug-likeness (QED) is 0.639. The van der Waals surface area contributed by atoms with E-state index in [1.807, 2.05) is 0 Å². The van der Waals surface area contributed by atoms with E-state index in [1.165, 1.54) is 36.1 Å². The van der Waals surface area contributed by atoms with Crippen LogP contribution in [-0.2, 0) is 16.6 Å². The van der Waals surface area contributed by atoms with Crippen LogP contribution in [0.2, 0.25) is 0 Å². The number of nitrogens with one attached hydrogen (secondary N) is 1. The molecule has 2 heterocycles. The minimum Gasteiger partial charge on any atom is -0.454 e. The average Bonchev–Trinajstić information content (AvgIpc) is 3.20. The molecule has 1 amide bonds. The van der Waals surface area contributed by atoms with E-state index >= 15 is 0 Å². The van der Waals surface area contributed by atoms with Crippen molar-refractivity contribution in [1.29, 1.82) is 0 Å². The molecule has 9 nitrogen and oxygen atoms in total. The smallest absolute Gasteiger partial charge is 0.341 e. The van der Waals surface area contributed by atoms with Gasteiger partial charge >= 0.3 is 5.97 Å². The number of esters is 1. The fourth-order valence-electron chi connectivity index (χ4n) is 2.26. The summed E-state index contributed by atoms with van der Waals surface area (Å²) in [5.41, 5.74) is 0.776. The average molecular weight is 345 g/mol. The Bertz CT molecular complexity index is 858. The molecule has 0 unspecified atom stereocenters. The summed E-state index contributed by atoms with van der Waals surface area (Å²) in [5.74, 6) is -0.640. The molecule has 25 heavy (non-hydrogen) atoms. The third-order valence-electron chi connectivity index (χ3n) is 3.44. The molecule has 1 aliphatic heterocycles. The number of aromatic nitrogens is 2. The highest BCUT2D eigenvalue weighted by atomic mass is 16.7. The number of carbonyl (C=O) groups is 3. The summed E-state index contributed by atoms with van der Waals surface area (Å²) in [6.07, 6.45) is 2.82. The van der Waals surface area contributed by atoms with Crippen LogP contribution < -0.4 is 14.8 Å². The lowest BCUT2D eigenvalue weighted by Gasteiger charge is -2.10. The summed E-state index contributed by atoms with van der Waals surface area (Å²) in [7, 11) is 1.66. The van der Waals surface area contributed by atoms with Gasteiger partial charge in [-0.1, -0.05) is 0 Å². The molecular weight excluding hydrogens is 330 g/mol. The van der Waals surface area contributed by atoms with E-state index in [4.69, 9.17) is 14.2 Å². The lowest BCUT2D eigenvalue weighted by Crippen LogP contribution is -2.21. The molecule has 3 rings (SSSR count). The van der Waals surface area contributed by atoms with E-state index in [2.05, 4.69) is 10.4 Å². The molecule has 0 spiro atoms. The lowest BCUT2D eigenvalue weighted by molar-refractivity contribution is -0.119. The van der Waals surface area contributed by atoms with E-state index in [0.717, 1.165) is 0 Å². The van der Waals surface area contributed by atoms with Gasteiger partial charge in [0.15, 0.2) is 23.9 Å². The molecule has 0 aliphatic carbocycles. The third kappa shape index (κ3) is 3.60. The Labute approximate surface area is 142 Å². The van der Waals surface area contributed by atoms with E-state index in [0.29, 0.717) is 11.5 Å². The Morgan fingerprint density at radius 3 is 2.64 bits per heavy atom. The molecule has 0 fully saturated rings. The summed E-state index contributed by atoms with van der Waals surface area (Å²) in [5, 5.41) is 6.39. The van der Waals surface area contributed by atoms with Gasteiger partial charge in [0.05, 0.1) is 17.4 Å². The number of hydrogen-bond donors (Lipinski definition) is 1. The summed E-state index contributed by atoms with van der Waals surface area (Å²) in [6, 6.07) is 3.00. The SMILES string of the molecule is CC(=O)c1cc2c(cc1NC(=O)COC(=O)c1cnn(C)c1)OCO2. The number of carbonyl (C=O) groups excluding carboxylic acids is 3. The summed E-state index contributed by atoms with van der Waals surface area (Å²) < 4.78 is 16.8. The molecule has 1 aromatic carbocycles. The highest BCUT2D eigenvalue weighted by Crippen LogP contribution is 2.37. The number of amides is 1. The highest BCUT2D eigenvalue weighted by Gasteiger charge is 2.21. The first-order valence-electron chi connectivity index (χ1n) is 7.34. The molecule has 1 aromatic heterocycles. The van der Waals surface area contributed by atoms with Gasteiger partial charge in [-0.25, -0.2) is 4.79 Å². The molecule has 9 heteroatoms. The summed E-state index contributed by atoms with van der Waals surface area (Å²) >= 11 is 0. The van der Waals surface area contributed by atoms with Gasteiger partial charge in [0.2, 0.25) is 6.79 Å². The number of fused-ring (bicyclic) bond motifs is 1. The maximum atomic E-state index is 12.0. The molecule has 0 bridgehead atoms. The van der Waals surface area contributed by atoms with Gasteiger partial charge in [-0.05, 0) is 13.0 Å². The van der Waals surface area contributed by atoms with Gasteiger partial charge in [-0.15, -0.1) is 0 Å². The summed E-state index contributed by atoms with van der Waals surface area (Å²) in [4.78, 5) is 35.6. The number of anilines is 1. The van der Waals surface area contributed by atoms with Crippen molar-refractivity contribution < 1.29 is 28.6 Å². The molecule has 2 aromatic rings. The molecule has 0 radical (unpaired) electrons. The fourth-order valence-corrected chi connectivity index (χ4v) is 2.26. The van der Waals surface area contributed by atoms with E-state index in [9.17, 15) is 14.4 Å². The van der Waals surface area contributed by atoms with Crippen molar-refractivity contribution in [2.24, 2.45) is 7.05 Å². The second-order valence-electron chi connectivity index (χ2n) is 5.33. The normalized spacial score (nSPS) is 11.9. The van der Waals surface area contributed by atoms with Crippen LogP contribution in [0.4, 0.5) is 5.69 Å². The van der Waals surface area contributed by atoms with E-state index < -0.39 is 18.5 Å². The van der Waals surface area contributed by atoms with E-state index in [1.54, 1.807) is 7.05 Å². The fraction of sp³-hybridized carbons (Fsp3) is 0.250. The molecule has 130 valence electrons. The van der Waals surface area contributed by atoms with Crippen LogP contribution in [0.25, 0.3) is 0 Å². The number of hydrogen-bond acceptors (Lipinski definition) is 7. The molecule has 0 saturated carbocycles. The number of ether oxygens (including phenoxy) is 3. The minimum absolute atomic E-state index is 0.0484. The Balaban J connectivity index is 1.66. The molecule has 0 saturated heterocycles. The predicted molar refractivity (Wildman–Crippen MR) is 84.7 cm³/mol. The maximum Gasteiger partial charge on any atom is 0.341 e. The standard InChI is InChI=1S/C16H15N3O6/c1-9(20)11-3-13-14(25-8-24-13)4-12(11)18-15(21)7-23-16(22)10-5-17-19(2)6-10/h3-6H,7-8H2,1-2H3,(H,18,21). The number of benzene rings is 1. The van der Waals surface area contributed by atoms with Crippen molar-refractivity contribution in [3.63, 3.8) is 0 Å². The number of nitrogens with zero attached hydrogens (tertiary/aromatic N) is 2. The molecular formula is C16H15N3O6. The van der Waals surface area contributed by atoms with E-state index in [-0.39, 0.29) is 29.4 Å². The van der Waals surface area contributed by atoms with Crippen LogP contribution in [0, 0.1) is 0 Å². The minimum atomic E-state index is -0.666. The van der Waals surface area contributed by atoms with Gasteiger partial charge in [0.1, 0.15) is 0 Å². The second-order valence-corrected chi connectivity index (χ2v) is 5.33. The van der Waals surface area contributed by atoms with Gasteiger partial charge < -0.3 is 19.5 Å². The van der Waals surface area contributed by atoms with Crippen molar-refractivity contribution in [3.8, 4) is 11.5 Å². The van der Waals surface area contributed by atoms with Crippen LogP contribution in [-0.4, -0.2) is 40.8 Å². The maximum absolute atomic E-state index is 12.0. The van der Waals surface area contributed by atoms with Crippen molar-refractivity contribution in [3.05, 3.63) is 35.7 Å². The molecule has 0 atom stereocenters. The second kappa shape index (κ2) is 6.63.